The van der Waals surface area contributed by atoms with Crippen molar-refractivity contribution in [3.8, 4) is 0 Å². The van der Waals surface area contributed by atoms with E-state index in [0.29, 0.717) is 27.9 Å². The molecule has 0 radical (unpaired) electrons. The molecule has 0 bridgehead atoms. The van der Waals surface area contributed by atoms with Crippen LogP contribution < -0.4 is 5.32 Å². The molecule has 0 unspecified atom stereocenters. The van der Waals surface area contributed by atoms with Gasteiger partial charge in [-0.1, -0.05) is 38.0 Å². The molecule has 0 aliphatic heterocycles. The molecule has 0 aromatic carbocycles. The van der Waals surface area contributed by atoms with E-state index in [1.54, 1.807) is 30.7 Å². The summed E-state index contributed by atoms with van der Waals surface area (Å²) in [4.78, 5) is 10.4. The molecule has 0 atom stereocenters. The molecule has 0 spiro atoms. The minimum atomic E-state index is -0.474. The van der Waals surface area contributed by atoms with E-state index in [2.05, 4.69) is 45.2 Å². The van der Waals surface area contributed by atoms with Crippen molar-refractivity contribution in [3.05, 3.63) is 121 Å². The fourth-order valence-electron chi connectivity index (χ4n) is 3.88. The zero-order valence-corrected chi connectivity index (χ0v) is 22.1. The van der Waals surface area contributed by atoms with Crippen molar-refractivity contribution in [2.75, 3.05) is 14.1 Å². The molecular weight excluding hydrogens is 463 g/mol. The molecule has 3 heterocycles. The van der Waals surface area contributed by atoms with E-state index in [1.807, 2.05) is 70.1 Å². The Labute approximate surface area is 218 Å². The Hall–Kier alpha value is -4.52. The second kappa shape index (κ2) is 11.9. The first-order valence-corrected chi connectivity index (χ1v) is 11.8. The molecule has 3 aromatic heterocycles. The van der Waals surface area contributed by atoms with Gasteiger partial charge < -0.3 is 10.2 Å². The minimum absolute atomic E-state index is 0.226. The van der Waals surface area contributed by atoms with Crippen molar-refractivity contribution in [1.82, 2.24) is 30.4 Å². The highest BCUT2D eigenvalue weighted by Gasteiger charge is 2.20. The lowest BCUT2D eigenvalue weighted by atomic mass is 9.98. The lowest BCUT2D eigenvalue weighted by molar-refractivity contribution is 0.530. The third-order valence-electron chi connectivity index (χ3n) is 6.02. The van der Waals surface area contributed by atoms with E-state index in [0.717, 1.165) is 28.1 Å². The van der Waals surface area contributed by atoms with Crippen molar-refractivity contribution < 1.29 is 4.39 Å². The maximum absolute atomic E-state index is 15.9. The monoisotopic (exact) mass is 496 g/mol. The number of hydrogen-bond donors (Lipinski definition) is 2. The Morgan fingerprint density at radius 1 is 1.14 bits per heavy atom. The van der Waals surface area contributed by atoms with Crippen molar-refractivity contribution in [2.24, 2.45) is 0 Å². The van der Waals surface area contributed by atoms with Gasteiger partial charge in [-0.15, -0.1) is 0 Å². The molecule has 3 rings (SSSR count). The van der Waals surface area contributed by atoms with Gasteiger partial charge in [-0.2, -0.15) is 5.10 Å². The number of aromatic amines is 1. The van der Waals surface area contributed by atoms with Crippen LogP contribution in [0, 0.1) is 5.82 Å². The number of halogens is 1. The lowest BCUT2D eigenvalue weighted by Crippen LogP contribution is -2.12. The van der Waals surface area contributed by atoms with E-state index in [1.165, 1.54) is 0 Å². The average Bonchev–Trinajstić information content (AvgIpc) is 3.34. The first-order chi connectivity index (χ1) is 17.7. The molecule has 0 aliphatic rings. The van der Waals surface area contributed by atoms with Crippen LogP contribution in [0.3, 0.4) is 0 Å². The van der Waals surface area contributed by atoms with E-state index in [9.17, 15) is 0 Å². The highest BCUT2D eigenvalue weighted by Crippen LogP contribution is 2.30. The molecular formula is C30H33FN6. The van der Waals surface area contributed by atoms with Crippen molar-refractivity contribution in [1.29, 1.82) is 0 Å². The molecule has 0 aliphatic carbocycles. The van der Waals surface area contributed by atoms with Gasteiger partial charge in [0.05, 0.1) is 22.8 Å². The van der Waals surface area contributed by atoms with Gasteiger partial charge in [-0.25, -0.2) is 4.39 Å². The summed E-state index contributed by atoms with van der Waals surface area (Å²) in [5.41, 5.74) is 6.86. The third kappa shape index (κ3) is 5.83. The van der Waals surface area contributed by atoms with Crippen LogP contribution in [0.1, 0.15) is 37.7 Å². The molecule has 6 nitrogen and oxygen atoms in total. The van der Waals surface area contributed by atoms with Crippen LogP contribution >= 0.6 is 0 Å². The number of aromatic nitrogens is 4. The van der Waals surface area contributed by atoms with Crippen LogP contribution in [0.15, 0.2) is 97.8 Å². The Morgan fingerprint density at radius 2 is 1.84 bits per heavy atom. The highest BCUT2D eigenvalue weighted by molar-refractivity contribution is 5.92. The number of likely N-dealkylation sites (N-methyl/N-ethyl adjacent to an activating group) is 1. The number of fused-ring (bicyclic) bond motifs is 1. The van der Waals surface area contributed by atoms with Gasteiger partial charge in [-0.05, 0) is 61.8 Å². The molecule has 0 amide bonds. The van der Waals surface area contributed by atoms with Crippen molar-refractivity contribution >= 4 is 27.7 Å². The Morgan fingerprint density at radius 3 is 2.43 bits per heavy atom. The summed E-state index contributed by atoms with van der Waals surface area (Å²) in [7, 11) is 3.81. The predicted octanol–water partition coefficient (Wildman–Crippen LogP) is 6.65. The van der Waals surface area contributed by atoms with Gasteiger partial charge in [0.1, 0.15) is 11.4 Å². The number of nitrogens with zero attached hydrogens (tertiary/aromatic N) is 4. The van der Waals surface area contributed by atoms with E-state index >= 15 is 4.39 Å². The maximum Gasteiger partial charge on any atom is 0.161 e. The molecule has 3 aromatic rings. The largest absolute Gasteiger partial charge is 0.378 e. The smallest absolute Gasteiger partial charge is 0.161 e. The second-order valence-electron chi connectivity index (χ2n) is 8.60. The van der Waals surface area contributed by atoms with Gasteiger partial charge in [0.15, 0.2) is 5.82 Å². The number of rotatable bonds is 10. The van der Waals surface area contributed by atoms with E-state index in [4.69, 9.17) is 0 Å². The first kappa shape index (κ1) is 27.1. The van der Waals surface area contributed by atoms with Gasteiger partial charge in [0.25, 0.3) is 0 Å². The quantitative estimate of drug-likeness (QED) is 0.308. The Balaban J connectivity index is 2.03. The summed E-state index contributed by atoms with van der Waals surface area (Å²) in [5.74, 6) is -0.474. The number of nitrogens with one attached hydrogen (secondary N) is 2. The van der Waals surface area contributed by atoms with Crippen LogP contribution in [-0.2, 0) is 0 Å². The zero-order valence-electron chi connectivity index (χ0n) is 22.1. The van der Waals surface area contributed by atoms with Crippen LogP contribution in [0.4, 0.5) is 4.39 Å². The normalized spacial score (nSPS) is 13.3. The number of pyridine rings is 2. The van der Waals surface area contributed by atoms with Gasteiger partial charge in [-0.3, -0.25) is 15.1 Å². The molecule has 0 saturated heterocycles. The zero-order chi connectivity index (χ0) is 27.1. The van der Waals surface area contributed by atoms with E-state index in [-0.39, 0.29) is 5.69 Å². The molecule has 7 heteroatoms. The van der Waals surface area contributed by atoms with Crippen LogP contribution in [-0.4, -0.2) is 39.2 Å². The average molecular weight is 497 g/mol. The minimum Gasteiger partial charge on any atom is -0.378 e. The topological polar surface area (TPSA) is 69.7 Å². The second-order valence-corrected chi connectivity index (χ2v) is 8.60. The van der Waals surface area contributed by atoms with E-state index < -0.39 is 5.82 Å². The molecule has 190 valence electrons. The summed E-state index contributed by atoms with van der Waals surface area (Å²) in [6, 6.07) is 3.88. The summed E-state index contributed by atoms with van der Waals surface area (Å²) < 4.78 is 15.9. The van der Waals surface area contributed by atoms with Gasteiger partial charge >= 0.3 is 0 Å². The summed E-state index contributed by atoms with van der Waals surface area (Å²) >= 11 is 0. The third-order valence-corrected chi connectivity index (χ3v) is 6.02. The van der Waals surface area contributed by atoms with Crippen molar-refractivity contribution in [3.63, 3.8) is 0 Å². The van der Waals surface area contributed by atoms with Crippen LogP contribution in [0.25, 0.3) is 27.7 Å². The fraction of sp³-hybridized carbons (Fsp3) is 0.167. The lowest BCUT2D eigenvalue weighted by Gasteiger charge is -2.16. The van der Waals surface area contributed by atoms with Crippen LogP contribution in [0.5, 0.6) is 0 Å². The highest BCUT2D eigenvalue weighted by atomic mass is 19.1. The first-order valence-electron chi connectivity index (χ1n) is 11.8. The summed E-state index contributed by atoms with van der Waals surface area (Å²) in [5, 5.41) is 10.9. The van der Waals surface area contributed by atoms with Gasteiger partial charge in [0, 0.05) is 43.5 Å². The van der Waals surface area contributed by atoms with Crippen LogP contribution in [0.2, 0.25) is 0 Å². The number of hydrogen-bond acceptors (Lipinski definition) is 5. The Bertz CT molecular complexity index is 1450. The van der Waals surface area contributed by atoms with Crippen molar-refractivity contribution in [2.45, 2.75) is 20.8 Å². The molecule has 2 N–H and O–H groups in total. The fourth-order valence-corrected chi connectivity index (χ4v) is 3.88. The SMILES string of the molecule is C=C/C=C(\C(C)=C(/C)NC(=C)c1n[nH]c2cnc(C(=C/C)/C=C(\C=C)N(C)C)c(F)c12)c1ccncc1. The summed E-state index contributed by atoms with van der Waals surface area (Å²) in [6.45, 7) is 17.6. The number of allylic oxidation sites excluding steroid dienone is 9. The number of H-pyrrole nitrogens is 1. The predicted molar refractivity (Wildman–Crippen MR) is 152 cm³/mol. The maximum atomic E-state index is 15.9. The molecule has 0 fully saturated rings. The summed E-state index contributed by atoms with van der Waals surface area (Å²) in [6.07, 6.45) is 14.1. The molecule has 0 saturated carbocycles. The standard InChI is InChI=1S/C30H33FN6/c1-9-12-25(23-13-15-32-16-14-23)19(4)20(5)34-21(6)29-27-26(35-36-29)18-33-30(28(27)31)22(10-2)17-24(11-3)37(7)8/h9-18,34H,1,3,6H2,2,4-5,7-8H3,(H,35,36)/b20-19+,22-10+,24-17+,25-12+. The van der Waals surface area contributed by atoms with Gasteiger partial charge in [0.2, 0.25) is 0 Å². The molecule has 37 heavy (non-hydrogen) atoms. The Kier molecular flexibility index (Phi) is 8.74.